The fraction of sp³-hybridized carbons (Fsp3) is 0.0417. The predicted molar refractivity (Wildman–Crippen MR) is 117 cm³/mol. The van der Waals surface area contributed by atoms with Gasteiger partial charge in [0, 0.05) is 11.1 Å². The van der Waals surface area contributed by atoms with Gasteiger partial charge in [-0.25, -0.2) is 18.2 Å². The Balaban J connectivity index is 1.75. The molecule has 33 heavy (non-hydrogen) atoms. The number of carbonyl (C=O) groups is 2. The Kier molecular flexibility index (Phi) is 4.98. The fourth-order valence-corrected chi connectivity index (χ4v) is 4.79. The summed E-state index contributed by atoms with van der Waals surface area (Å²) in [5.41, 5.74) is 0.0826. The van der Waals surface area contributed by atoms with Crippen molar-refractivity contribution in [3.05, 3.63) is 101 Å². The molecule has 1 saturated heterocycles. The van der Waals surface area contributed by atoms with E-state index >= 15 is 0 Å². The van der Waals surface area contributed by atoms with E-state index in [1.165, 1.54) is 54.6 Å². The highest BCUT2D eigenvalue weighted by Crippen LogP contribution is 2.44. The Morgan fingerprint density at radius 1 is 0.939 bits per heavy atom. The number of ketones is 1. The zero-order valence-electron chi connectivity index (χ0n) is 16.6. The molecule has 3 aromatic carbocycles. The number of Topliss-reactive ketones (excluding diaryl/α,β-unsaturated/α-hetero) is 1. The van der Waals surface area contributed by atoms with Crippen LogP contribution in [-0.4, -0.2) is 21.8 Å². The summed E-state index contributed by atoms with van der Waals surface area (Å²) in [7, 11) is 0. The number of aliphatic hydroxyl groups is 1. The zero-order chi connectivity index (χ0) is 23.3. The molecule has 2 heterocycles. The molecule has 1 aliphatic rings. The molecule has 0 bridgehead atoms. The van der Waals surface area contributed by atoms with Gasteiger partial charge in [-0.1, -0.05) is 29.5 Å². The van der Waals surface area contributed by atoms with E-state index in [0.717, 1.165) is 28.4 Å². The summed E-state index contributed by atoms with van der Waals surface area (Å²) in [5.74, 6) is -4.40. The van der Waals surface area contributed by atoms with E-state index in [0.29, 0.717) is 10.2 Å². The third-order valence-corrected chi connectivity index (χ3v) is 6.32. The van der Waals surface area contributed by atoms with Gasteiger partial charge in [-0.15, -0.1) is 0 Å². The molecular weight excluding hydrogens is 453 g/mol. The summed E-state index contributed by atoms with van der Waals surface area (Å²) in [6.45, 7) is 0. The van der Waals surface area contributed by atoms with Crippen LogP contribution in [0.3, 0.4) is 0 Å². The second-order valence-electron chi connectivity index (χ2n) is 7.31. The molecule has 164 valence electrons. The second-order valence-corrected chi connectivity index (χ2v) is 8.32. The van der Waals surface area contributed by atoms with E-state index in [4.69, 9.17) is 0 Å². The first-order chi connectivity index (χ1) is 15.8. The molecule has 0 aliphatic carbocycles. The largest absolute Gasteiger partial charge is 0.507 e. The number of amides is 1. The van der Waals surface area contributed by atoms with E-state index in [-0.39, 0.29) is 21.8 Å². The van der Waals surface area contributed by atoms with Crippen LogP contribution in [0.1, 0.15) is 17.2 Å². The molecule has 1 aliphatic heterocycles. The Morgan fingerprint density at radius 3 is 2.36 bits per heavy atom. The lowest BCUT2D eigenvalue weighted by molar-refractivity contribution is -0.132. The van der Waals surface area contributed by atoms with Crippen LogP contribution in [0, 0.1) is 17.5 Å². The average molecular weight is 466 g/mol. The highest BCUT2D eigenvalue weighted by molar-refractivity contribution is 7.22. The van der Waals surface area contributed by atoms with Gasteiger partial charge in [-0.2, -0.15) is 0 Å². The summed E-state index contributed by atoms with van der Waals surface area (Å²) in [6, 6.07) is 12.8. The molecule has 1 fully saturated rings. The number of aliphatic hydroxyl groups excluding tert-OH is 1. The lowest BCUT2D eigenvalue weighted by Gasteiger charge is -2.23. The number of thiazole rings is 1. The van der Waals surface area contributed by atoms with Gasteiger partial charge in [-0.3, -0.25) is 14.5 Å². The first kappa shape index (κ1) is 20.9. The highest BCUT2D eigenvalue weighted by Gasteiger charge is 2.49. The normalized spacial score (nSPS) is 17.8. The van der Waals surface area contributed by atoms with Gasteiger partial charge in [0.15, 0.2) is 5.13 Å². The van der Waals surface area contributed by atoms with Crippen LogP contribution in [0.25, 0.3) is 16.0 Å². The van der Waals surface area contributed by atoms with Gasteiger partial charge in [0.05, 0.1) is 15.8 Å². The molecule has 1 atom stereocenters. The van der Waals surface area contributed by atoms with Crippen molar-refractivity contribution in [2.45, 2.75) is 6.04 Å². The minimum atomic E-state index is -1.33. The number of anilines is 1. The topological polar surface area (TPSA) is 70.5 Å². The van der Waals surface area contributed by atoms with Crippen molar-refractivity contribution in [1.82, 2.24) is 4.98 Å². The minimum absolute atomic E-state index is 0.0363. The van der Waals surface area contributed by atoms with Crippen molar-refractivity contribution in [2.24, 2.45) is 0 Å². The van der Waals surface area contributed by atoms with Crippen molar-refractivity contribution in [3.63, 3.8) is 0 Å². The summed E-state index contributed by atoms with van der Waals surface area (Å²) < 4.78 is 42.3. The number of rotatable bonds is 3. The number of halogens is 3. The lowest BCUT2D eigenvalue weighted by atomic mass is 9.95. The van der Waals surface area contributed by atoms with Gasteiger partial charge in [-0.05, 0) is 48.5 Å². The van der Waals surface area contributed by atoms with Gasteiger partial charge < -0.3 is 5.11 Å². The van der Waals surface area contributed by atoms with Crippen LogP contribution in [0.4, 0.5) is 18.3 Å². The first-order valence-corrected chi connectivity index (χ1v) is 10.5. The summed E-state index contributed by atoms with van der Waals surface area (Å²) in [4.78, 5) is 31.5. The summed E-state index contributed by atoms with van der Waals surface area (Å²) >= 11 is 0.956. The van der Waals surface area contributed by atoms with E-state index in [1.807, 2.05) is 0 Å². The predicted octanol–water partition coefficient (Wildman–Crippen LogP) is 5.34. The van der Waals surface area contributed by atoms with Gasteiger partial charge >= 0.3 is 5.91 Å². The quantitative estimate of drug-likeness (QED) is 0.251. The summed E-state index contributed by atoms with van der Waals surface area (Å²) in [6.07, 6.45) is 0. The van der Waals surface area contributed by atoms with Crippen molar-refractivity contribution < 1.29 is 27.9 Å². The maximum absolute atomic E-state index is 14.9. The van der Waals surface area contributed by atoms with E-state index in [1.54, 1.807) is 0 Å². The van der Waals surface area contributed by atoms with E-state index in [2.05, 4.69) is 4.98 Å². The van der Waals surface area contributed by atoms with Crippen molar-refractivity contribution in [2.75, 3.05) is 4.90 Å². The van der Waals surface area contributed by atoms with Crippen molar-refractivity contribution in [1.29, 1.82) is 0 Å². The summed E-state index contributed by atoms with van der Waals surface area (Å²) in [5, 5.41) is 11.0. The molecule has 0 unspecified atom stereocenters. The van der Waals surface area contributed by atoms with Crippen LogP contribution < -0.4 is 4.90 Å². The Hall–Kier alpha value is -3.98. The smallest absolute Gasteiger partial charge is 0.301 e. The number of carbonyl (C=O) groups excluding carboxylic acids is 2. The molecule has 5 nitrogen and oxygen atoms in total. The fourth-order valence-electron chi connectivity index (χ4n) is 3.77. The Morgan fingerprint density at radius 2 is 1.64 bits per heavy atom. The Bertz CT molecular complexity index is 1460. The van der Waals surface area contributed by atoms with Crippen LogP contribution >= 0.6 is 11.3 Å². The maximum Gasteiger partial charge on any atom is 0.301 e. The monoisotopic (exact) mass is 466 g/mol. The van der Waals surface area contributed by atoms with E-state index in [9.17, 15) is 27.9 Å². The minimum Gasteiger partial charge on any atom is -0.507 e. The molecule has 1 amide bonds. The molecule has 0 saturated carbocycles. The van der Waals surface area contributed by atoms with E-state index < -0.39 is 40.9 Å². The standard InChI is InChI=1S/C24H13F3N2O3S/c25-13-7-5-12(6-8-13)21(30)19-20(15-3-1-2-4-16(15)27)29(23(32)22(19)31)24-28-17-10-9-14(26)11-18(17)33-24/h1-11,20,30H/t20-/m0/s1. The number of hydrogen-bond donors (Lipinski definition) is 1. The maximum atomic E-state index is 14.9. The highest BCUT2D eigenvalue weighted by atomic mass is 32.1. The molecule has 0 spiro atoms. The van der Waals surface area contributed by atoms with Crippen LogP contribution in [0.5, 0.6) is 0 Å². The second kappa shape index (κ2) is 7.86. The number of fused-ring (bicyclic) bond motifs is 1. The number of nitrogens with zero attached hydrogens (tertiary/aromatic N) is 2. The molecule has 0 radical (unpaired) electrons. The van der Waals surface area contributed by atoms with Crippen molar-refractivity contribution in [3.8, 4) is 0 Å². The van der Waals surface area contributed by atoms with Crippen molar-refractivity contribution >= 4 is 44.1 Å². The SMILES string of the molecule is O=C1C(=O)N(c2nc3ccc(F)cc3s2)[C@@H](c2ccccc2F)C1=C(O)c1ccc(F)cc1. The van der Waals surface area contributed by atoms with Crippen LogP contribution in [0.2, 0.25) is 0 Å². The average Bonchev–Trinajstić information content (AvgIpc) is 3.32. The van der Waals surface area contributed by atoms with Gasteiger partial charge in [0.25, 0.3) is 5.78 Å². The number of benzene rings is 3. The zero-order valence-corrected chi connectivity index (χ0v) is 17.4. The van der Waals surface area contributed by atoms with Crippen LogP contribution in [0.15, 0.2) is 72.3 Å². The molecule has 4 aromatic rings. The lowest BCUT2D eigenvalue weighted by Crippen LogP contribution is -2.29. The first-order valence-electron chi connectivity index (χ1n) is 9.72. The van der Waals surface area contributed by atoms with Crippen LogP contribution in [-0.2, 0) is 9.59 Å². The molecule has 1 aromatic heterocycles. The number of aromatic nitrogens is 1. The molecule has 5 rings (SSSR count). The molecule has 9 heteroatoms. The molecule has 1 N–H and O–H groups in total. The Labute approximate surface area is 189 Å². The van der Waals surface area contributed by atoms with Gasteiger partial charge in [0.1, 0.15) is 29.3 Å². The third kappa shape index (κ3) is 3.46. The third-order valence-electron chi connectivity index (χ3n) is 5.31. The number of hydrogen-bond acceptors (Lipinski definition) is 5. The molecular formula is C24H13F3N2O3S. The van der Waals surface area contributed by atoms with Gasteiger partial charge in [0.2, 0.25) is 0 Å².